The summed E-state index contributed by atoms with van der Waals surface area (Å²) >= 11 is 0. The third kappa shape index (κ3) is 9.59. The molecular formula is C126H71N3. The Bertz CT molecular complexity index is 9600. The largest absolute Gasteiger partial charge is 0.309 e. The SMILES string of the molecule is c1cc(-c2ccc3c(c2)-c2cccc4cccc-3c24)cc(-n2c3ccccc3c3cc4c(cc32)-c2cccc3cccc-4c23)c1.c1cc2c3c(cccc3c1)-c1cc(-c3ccc(-n4c5ccccc5c5cc6c(cc54)-c4cccc5cccc-6c45)cc3)ccc1-2.c1cc2c3c(cccc3c1)-c1cc(-n3c4ccccc4c4cc5c(cc43)-c3cccc4cccc-5c34)ccc1-2. The fourth-order valence-electron chi connectivity index (χ4n) is 24.1. The van der Waals surface area contributed by atoms with E-state index < -0.39 is 0 Å². The Morgan fingerprint density at radius 3 is 0.674 bits per heavy atom. The van der Waals surface area contributed by atoms with Crippen LogP contribution in [-0.4, -0.2) is 13.7 Å². The zero-order chi connectivity index (χ0) is 83.7. The highest BCUT2D eigenvalue weighted by molar-refractivity contribution is 6.26. The van der Waals surface area contributed by atoms with Crippen LogP contribution in [0.3, 0.4) is 0 Å². The van der Waals surface area contributed by atoms with Crippen LogP contribution in [0.1, 0.15) is 0 Å². The molecule has 3 heterocycles. The van der Waals surface area contributed by atoms with E-state index in [1.165, 1.54) is 303 Å². The number of aromatic nitrogens is 3. The first-order valence-corrected chi connectivity index (χ1v) is 45.0. The van der Waals surface area contributed by atoms with Gasteiger partial charge in [0.15, 0.2) is 0 Å². The molecule has 0 bridgehead atoms. The molecule has 129 heavy (non-hydrogen) atoms. The Morgan fingerprint density at radius 1 is 0.109 bits per heavy atom. The van der Waals surface area contributed by atoms with E-state index in [1.54, 1.807) is 0 Å². The molecule has 0 saturated carbocycles. The standard InChI is InChI=1S/2C44H25N.C38H21N/c1-2-19-41-32(14-1)40-24-38-35-17-6-10-27-11-7-18-36(44(27)35)39(38)25-42(40)45(41)30-13-3-12-28(22-30)29-20-21-31-33-15-4-8-26-9-5-16-34(43(26)33)37(31)23-29;1-2-16-41-32(11-1)40-24-38-35-14-5-9-28-10-6-15-36(44(28)35)39(38)25-42(40)45(41)30-20-17-26(18-21-30)29-19-22-31-33-12-3-7-27-8-4-13-34(43(27)33)37(31)23-29;1-2-16-35-26(11-1)34-20-32-29-14-5-9-23-10-6-15-30(38(23)29)33(32)21-36(34)39(35)24-17-18-25-27-12-3-7-22-8-4-13-28(37(22)27)31(25)19-24/h2*1-25H;1-21H. The molecule has 0 atom stereocenters. The van der Waals surface area contributed by atoms with E-state index in [4.69, 9.17) is 0 Å². The average Bonchev–Trinajstić information content (AvgIpc) is 1.56. The zero-order valence-electron chi connectivity index (χ0n) is 69.8. The van der Waals surface area contributed by atoms with Crippen molar-refractivity contribution in [1.82, 2.24) is 13.7 Å². The van der Waals surface area contributed by atoms with Crippen LogP contribution in [0.2, 0.25) is 0 Å². The summed E-state index contributed by atoms with van der Waals surface area (Å²) < 4.78 is 7.37. The Hall–Kier alpha value is -17.0. The Balaban J connectivity index is 0.0000000939. The lowest BCUT2D eigenvalue weighted by molar-refractivity contribution is 1.18. The van der Waals surface area contributed by atoms with Crippen LogP contribution in [-0.2, 0) is 0 Å². The molecule has 0 fully saturated rings. The van der Waals surface area contributed by atoms with E-state index in [2.05, 4.69) is 444 Å². The lowest BCUT2D eigenvalue weighted by Gasteiger charge is -2.12. The maximum absolute atomic E-state index is 2.47. The fourth-order valence-corrected chi connectivity index (χ4v) is 24.1. The van der Waals surface area contributed by atoms with Crippen molar-refractivity contribution in [1.29, 1.82) is 0 Å². The second kappa shape index (κ2) is 25.8. The normalized spacial score (nSPS) is 12.5. The first kappa shape index (κ1) is 69.4. The highest BCUT2D eigenvalue weighted by Gasteiger charge is 2.32. The monoisotopic (exact) mass is 1630 g/mol. The van der Waals surface area contributed by atoms with E-state index in [0.717, 1.165) is 0 Å². The Kier molecular flexibility index (Phi) is 13.9. The molecule has 0 amide bonds. The summed E-state index contributed by atoms with van der Waals surface area (Å²) in [5.74, 6) is 0. The summed E-state index contributed by atoms with van der Waals surface area (Å²) in [4.78, 5) is 0. The van der Waals surface area contributed by atoms with Crippen molar-refractivity contribution in [2.24, 2.45) is 0 Å². The predicted molar refractivity (Wildman–Crippen MR) is 545 cm³/mol. The van der Waals surface area contributed by atoms with Gasteiger partial charge in [0.05, 0.1) is 33.1 Å². The molecule has 23 aromatic carbocycles. The molecule has 3 nitrogen and oxygen atoms in total. The lowest BCUT2D eigenvalue weighted by Crippen LogP contribution is -1.95. The molecule has 0 saturated heterocycles. The quantitative estimate of drug-likeness (QED) is 0.163. The highest BCUT2D eigenvalue weighted by atomic mass is 15.0. The highest BCUT2D eigenvalue weighted by Crippen LogP contribution is 2.57. The van der Waals surface area contributed by atoms with Gasteiger partial charge in [0, 0.05) is 49.4 Å². The van der Waals surface area contributed by atoms with Crippen LogP contribution in [0.25, 0.3) is 303 Å². The number of hydrogen-bond donors (Lipinski definition) is 0. The van der Waals surface area contributed by atoms with Crippen LogP contribution in [0, 0.1) is 0 Å². The van der Waals surface area contributed by atoms with Gasteiger partial charge in [-0.3, -0.25) is 0 Å². The van der Waals surface area contributed by atoms with E-state index in [9.17, 15) is 0 Å². The minimum absolute atomic E-state index is 1.18. The number of fused-ring (bicyclic) bond motifs is 27. The Morgan fingerprint density at radius 2 is 0.341 bits per heavy atom. The summed E-state index contributed by atoms with van der Waals surface area (Å²) in [5, 5.41) is 23.9. The minimum atomic E-state index is 1.18. The van der Waals surface area contributed by atoms with Gasteiger partial charge in [-0.15, -0.1) is 0 Å². The van der Waals surface area contributed by atoms with Crippen molar-refractivity contribution in [3.63, 3.8) is 0 Å². The van der Waals surface area contributed by atoms with Crippen molar-refractivity contribution in [3.8, 4) is 173 Å². The van der Waals surface area contributed by atoms with E-state index >= 15 is 0 Å². The van der Waals surface area contributed by atoms with Gasteiger partial charge < -0.3 is 13.7 Å². The lowest BCUT2D eigenvalue weighted by atomic mass is 9.97. The number of para-hydroxylation sites is 3. The second-order valence-corrected chi connectivity index (χ2v) is 35.9. The molecule has 32 rings (SSSR count). The van der Waals surface area contributed by atoms with Crippen molar-refractivity contribution >= 4 is 130 Å². The topological polar surface area (TPSA) is 14.8 Å². The number of rotatable bonds is 5. The molecule has 6 aliphatic rings. The Labute approximate surface area is 742 Å². The van der Waals surface area contributed by atoms with Gasteiger partial charge in [-0.1, -0.05) is 328 Å². The van der Waals surface area contributed by atoms with Crippen LogP contribution in [0.5, 0.6) is 0 Å². The molecule has 0 aliphatic heterocycles. The van der Waals surface area contributed by atoms with E-state index in [0.29, 0.717) is 0 Å². The maximum Gasteiger partial charge on any atom is 0.0547 e. The average molecular weight is 1630 g/mol. The van der Waals surface area contributed by atoms with Gasteiger partial charge in [-0.2, -0.15) is 0 Å². The molecule has 0 unspecified atom stereocenters. The molecule has 590 valence electrons. The molecule has 0 spiro atoms. The van der Waals surface area contributed by atoms with Crippen molar-refractivity contribution in [2.45, 2.75) is 0 Å². The van der Waals surface area contributed by atoms with Gasteiger partial charge in [0.1, 0.15) is 0 Å². The molecule has 0 radical (unpaired) electrons. The van der Waals surface area contributed by atoms with E-state index in [1.807, 2.05) is 0 Å². The predicted octanol–water partition coefficient (Wildman–Crippen LogP) is 34.5. The summed E-state index contributed by atoms with van der Waals surface area (Å²) in [6, 6.07) is 160. The summed E-state index contributed by atoms with van der Waals surface area (Å²) in [6.45, 7) is 0. The molecular weight excluding hydrogens is 1560 g/mol. The molecule has 3 aromatic heterocycles. The number of nitrogens with zero attached hydrogens (tertiary/aromatic N) is 3. The van der Waals surface area contributed by atoms with Gasteiger partial charge in [0.2, 0.25) is 0 Å². The van der Waals surface area contributed by atoms with Gasteiger partial charge in [0.25, 0.3) is 0 Å². The molecule has 0 N–H and O–H groups in total. The smallest absolute Gasteiger partial charge is 0.0547 e. The zero-order valence-corrected chi connectivity index (χ0v) is 69.8. The van der Waals surface area contributed by atoms with Crippen LogP contribution in [0.15, 0.2) is 431 Å². The first-order valence-electron chi connectivity index (χ1n) is 45.0. The van der Waals surface area contributed by atoms with Gasteiger partial charge in [-0.05, 0) is 324 Å². The second-order valence-electron chi connectivity index (χ2n) is 35.9. The molecule has 26 aromatic rings. The third-order valence-electron chi connectivity index (χ3n) is 29.5. The van der Waals surface area contributed by atoms with Crippen LogP contribution in [0.4, 0.5) is 0 Å². The minimum Gasteiger partial charge on any atom is -0.309 e. The van der Waals surface area contributed by atoms with Crippen molar-refractivity contribution in [3.05, 3.63) is 431 Å². The summed E-state index contributed by atoms with van der Waals surface area (Å²) in [5.41, 5.74) is 48.0. The summed E-state index contributed by atoms with van der Waals surface area (Å²) in [6.07, 6.45) is 0. The number of benzene rings is 23. The van der Waals surface area contributed by atoms with Gasteiger partial charge in [-0.25, -0.2) is 0 Å². The van der Waals surface area contributed by atoms with Gasteiger partial charge >= 0.3 is 0 Å². The third-order valence-corrected chi connectivity index (χ3v) is 29.5. The van der Waals surface area contributed by atoms with Crippen LogP contribution < -0.4 is 0 Å². The van der Waals surface area contributed by atoms with Crippen molar-refractivity contribution in [2.75, 3.05) is 0 Å². The number of hydrogen-bond acceptors (Lipinski definition) is 0. The first-order chi connectivity index (χ1) is 64.0. The fraction of sp³-hybridized carbons (Fsp3) is 0. The van der Waals surface area contributed by atoms with Crippen molar-refractivity contribution < 1.29 is 0 Å². The van der Waals surface area contributed by atoms with E-state index in [-0.39, 0.29) is 0 Å². The van der Waals surface area contributed by atoms with Crippen LogP contribution >= 0.6 is 0 Å². The summed E-state index contributed by atoms with van der Waals surface area (Å²) in [7, 11) is 0. The molecule has 6 aliphatic carbocycles. The molecule has 3 heteroatoms. The maximum atomic E-state index is 2.47.